The van der Waals surface area contributed by atoms with Crippen molar-refractivity contribution in [3.05, 3.63) is 22.8 Å². The maximum absolute atomic E-state index is 4.66. The van der Waals surface area contributed by atoms with Gasteiger partial charge in [-0.1, -0.05) is 0 Å². The molecule has 1 saturated heterocycles. The number of thiazole rings is 2. The Morgan fingerprint density at radius 2 is 2.40 bits per heavy atom. The molecule has 78 valence electrons. The molecule has 15 heavy (non-hydrogen) atoms. The van der Waals surface area contributed by atoms with Crippen LogP contribution >= 0.6 is 22.7 Å². The molecule has 2 aromatic rings. The third-order valence-corrected chi connectivity index (χ3v) is 4.39. The van der Waals surface area contributed by atoms with Crippen LogP contribution in [-0.2, 0) is 0 Å². The molecule has 1 atom stereocenters. The van der Waals surface area contributed by atoms with Gasteiger partial charge in [0.15, 0.2) is 0 Å². The van der Waals surface area contributed by atoms with Gasteiger partial charge < -0.3 is 5.32 Å². The highest BCUT2D eigenvalue weighted by Gasteiger charge is 2.19. The molecule has 5 heteroatoms. The van der Waals surface area contributed by atoms with Crippen LogP contribution in [0.1, 0.15) is 24.6 Å². The Bertz CT molecular complexity index is 429. The molecule has 0 amide bonds. The van der Waals surface area contributed by atoms with E-state index in [0.717, 1.165) is 11.6 Å². The van der Waals surface area contributed by atoms with Crippen molar-refractivity contribution in [3.8, 4) is 9.88 Å². The minimum atomic E-state index is 0.475. The quantitative estimate of drug-likeness (QED) is 0.872. The molecule has 3 heterocycles. The van der Waals surface area contributed by atoms with Crippen LogP contribution in [0.15, 0.2) is 17.1 Å². The van der Waals surface area contributed by atoms with Crippen LogP contribution in [0.3, 0.4) is 0 Å². The van der Waals surface area contributed by atoms with E-state index in [-0.39, 0.29) is 0 Å². The average Bonchev–Trinajstić information content (AvgIpc) is 3.02. The Balaban J connectivity index is 1.87. The number of nitrogens with one attached hydrogen (secondary N) is 1. The van der Waals surface area contributed by atoms with E-state index in [9.17, 15) is 0 Å². The van der Waals surface area contributed by atoms with Crippen LogP contribution in [0.2, 0.25) is 0 Å². The van der Waals surface area contributed by atoms with Gasteiger partial charge in [0.25, 0.3) is 0 Å². The van der Waals surface area contributed by atoms with Gasteiger partial charge in [0, 0.05) is 11.6 Å². The number of nitrogens with zero attached hydrogens (tertiary/aromatic N) is 2. The van der Waals surface area contributed by atoms with E-state index in [2.05, 4.69) is 20.7 Å². The predicted molar refractivity (Wildman–Crippen MR) is 63.2 cm³/mol. The summed E-state index contributed by atoms with van der Waals surface area (Å²) in [5.41, 5.74) is 3.05. The maximum atomic E-state index is 4.66. The summed E-state index contributed by atoms with van der Waals surface area (Å²) < 4.78 is 0. The average molecular weight is 237 g/mol. The summed E-state index contributed by atoms with van der Waals surface area (Å²) in [6, 6.07) is 0.475. The molecular weight excluding hydrogens is 226 g/mol. The third-order valence-electron chi connectivity index (χ3n) is 2.58. The Hall–Kier alpha value is -0.780. The van der Waals surface area contributed by atoms with Gasteiger partial charge in [-0.2, -0.15) is 0 Å². The molecule has 0 saturated carbocycles. The van der Waals surface area contributed by atoms with E-state index < -0.39 is 0 Å². The lowest BCUT2D eigenvalue weighted by atomic mass is 10.2. The Morgan fingerprint density at radius 1 is 1.40 bits per heavy atom. The van der Waals surface area contributed by atoms with Crippen molar-refractivity contribution in [1.82, 2.24) is 15.3 Å². The van der Waals surface area contributed by atoms with Crippen LogP contribution in [0.25, 0.3) is 9.88 Å². The van der Waals surface area contributed by atoms with Gasteiger partial charge in [0.05, 0.1) is 22.1 Å². The number of hydrogen-bond donors (Lipinski definition) is 1. The van der Waals surface area contributed by atoms with E-state index in [0.29, 0.717) is 6.04 Å². The molecule has 0 aromatic carbocycles. The van der Waals surface area contributed by atoms with Gasteiger partial charge in [0.2, 0.25) is 0 Å². The number of hydrogen-bond acceptors (Lipinski definition) is 5. The van der Waals surface area contributed by atoms with Crippen molar-refractivity contribution in [2.45, 2.75) is 18.9 Å². The first-order valence-electron chi connectivity index (χ1n) is 5.01. The first-order chi connectivity index (χ1) is 7.43. The molecule has 0 aliphatic carbocycles. The van der Waals surface area contributed by atoms with Gasteiger partial charge in [0.1, 0.15) is 5.01 Å². The molecule has 3 rings (SSSR count). The highest BCUT2D eigenvalue weighted by Crippen LogP contribution is 2.31. The second-order valence-electron chi connectivity index (χ2n) is 3.59. The fourth-order valence-corrected chi connectivity index (χ4v) is 3.39. The van der Waals surface area contributed by atoms with Gasteiger partial charge >= 0.3 is 0 Å². The normalized spacial score (nSPS) is 20.9. The summed E-state index contributed by atoms with van der Waals surface area (Å²) in [7, 11) is 0. The van der Waals surface area contributed by atoms with E-state index in [1.54, 1.807) is 22.7 Å². The topological polar surface area (TPSA) is 37.8 Å². The molecule has 0 bridgehead atoms. The number of aromatic nitrogens is 2. The maximum Gasteiger partial charge on any atom is 0.135 e. The molecule has 1 aliphatic rings. The molecule has 1 aliphatic heterocycles. The van der Waals surface area contributed by atoms with Crippen LogP contribution in [0, 0.1) is 0 Å². The van der Waals surface area contributed by atoms with Gasteiger partial charge in [-0.3, -0.25) is 4.98 Å². The smallest absolute Gasteiger partial charge is 0.135 e. The van der Waals surface area contributed by atoms with Gasteiger partial charge in [-0.25, -0.2) is 4.98 Å². The Labute approximate surface area is 96.2 Å². The first-order valence-corrected chi connectivity index (χ1v) is 6.77. The molecule has 0 unspecified atom stereocenters. The van der Waals surface area contributed by atoms with E-state index in [1.165, 1.54) is 23.4 Å². The molecule has 3 nitrogen and oxygen atoms in total. The highest BCUT2D eigenvalue weighted by atomic mass is 32.1. The van der Waals surface area contributed by atoms with Crippen LogP contribution < -0.4 is 5.32 Å². The monoisotopic (exact) mass is 237 g/mol. The zero-order valence-corrected chi connectivity index (χ0v) is 9.77. The van der Waals surface area contributed by atoms with E-state index in [4.69, 9.17) is 0 Å². The highest BCUT2D eigenvalue weighted by molar-refractivity contribution is 7.19. The predicted octanol–water partition coefficient (Wildman–Crippen LogP) is 2.69. The first kappa shape index (κ1) is 9.45. The Morgan fingerprint density at radius 3 is 3.13 bits per heavy atom. The second kappa shape index (κ2) is 4.00. The lowest BCUT2D eigenvalue weighted by Crippen LogP contribution is -2.12. The minimum absolute atomic E-state index is 0.475. The van der Waals surface area contributed by atoms with Crippen LogP contribution in [0.4, 0.5) is 0 Å². The summed E-state index contributed by atoms with van der Waals surface area (Å²) in [5.74, 6) is 0. The standard InChI is InChI=1S/C10H11N3S2/c1-2-7(12-3-1)8-5-14-10(13-8)9-4-11-6-15-9/h4-7,12H,1-3H2/t7-/m0/s1. The van der Waals surface area contributed by atoms with Crippen LogP contribution in [0.5, 0.6) is 0 Å². The molecule has 1 fully saturated rings. The van der Waals surface area contributed by atoms with Crippen LogP contribution in [-0.4, -0.2) is 16.5 Å². The summed E-state index contributed by atoms with van der Waals surface area (Å²) in [6.45, 7) is 1.12. The SMILES string of the molecule is c1ncc(-c2nc([C@@H]3CCCN3)cs2)s1. The van der Waals surface area contributed by atoms with Gasteiger partial charge in [-0.15, -0.1) is 22.7 Å². The summed E-state index contributed by atoms with van der Waals surface area (Å²) in [4.78, 5) is 9.91. The summed E-state index contributed by atoms with van der Waals surface area (Å²) >= 11 is 3.36. The van der Waals surface area contributed by atoms with Crippen molar-refractivity contribution >= 4 is 22.7 Å². The van der Waals surface area contributed by atoms with Gasteiger partial charge in [-0.05, 0) is 19.4 Å². The minimum Gasteiger partial charge on any atom is -0.309 e. The van der Waals surface area contributed by atoms with Crippen molar-refractivity contribution in [3.63, 3.8) is 0 Å². The van der Waals surface area contributed by atoms with Crippen molar-refractivity contribution in [2.24, 2.45) is 0 Å². The fourth-order valence-electron chi connectivity index (χ4n) is 1.82. The fraction of sp³-hybridized carbons (Fsp3) is 0.400. The molecular formula is C10H11N3S2. The lowest BCUT2D eigenvalue weighted by molar-refractivity contribution is 0.632. The van der Waals surface area contributed by atoms with Crippen molar-refractivity contribution in [2.75, 3.05) is 6.54 Å². The molecule has 1 N–H and O–H groups in total. The zero-order valence-electron chi connectivity index (χ0n) is 8.14. The Kier molecular flexibility index (Phi) is 2.52. The summed E-state index contributed by atoms with van der Waals surface area (Å²) in [5, 5.41) is 6.73. The largest absolute Gasteiger partial charge is 0.309 e. The van der Waals surface area contributed by atoms with Crippen molar-refractivity contribution in [1.29, 1.82) is 0 Å². The third kappa shape index (κ3) is 1.82. The molecule has 2 aromatic heterocycles. The van der Waals surface area contributed by atoms with E-state index in [1.807, 2.05) is 11.7 Å². The second-order valence-corrected chi connectivity index (χ2v) is 5.34. The molecule has 0 spiro atoms. The summed E-state index contributed by atoms with van der Waals surface area (Å²) in [6.07, 6.45) is 4.36. The number of rotatable bonds is 2. The lowest BCUT2D eigenvalue weighted by Gasteiger charge is -2.04. The van der Waals surface area contributed by atoms with Crippen molar-refractivity contribution < 1.29 is 0 Å². The molecule has 0 radical (unpaired) electrons. The van der Waals surface area contributed by atoms with E-state index >= 15 is 0 Å². The zero-order chi connectivity index (χ0) is 10.1.